The second-order valence-corrected chi connectivity index (χ2v) is 6.44. The third-order valence-electron chi connectivity index (χ3n) is 4.84. The first kappa shape index (κ1) is 17.0. The van der Waals surface area contributed by atoms with Crippen molar-refractivity contribution >= 4 is 11.9 Å². The van der Waals surface area contributed by atoms with E-state index >= 15 is 0 Å². The number of carbonyl (C=O) groups is 2. The highest BCUT2D eigenvalue weighted by atomic mass is 16.2. The summed E-state index contributed by atoms with van der Waals surface area (Å²) in [5, 5.41) is 2.95. The number of nitrogens with one attached hydrogen (secondary N) is 1. The van der Waals surface area contributed by atoms with Crippen molar-refractivity contribution in [1.82, 2.24) is 15.2 Å². The maximum absolute atomic E-state index is 13.5. The maximum Gasteiger partial charge on any atom is 0.325 e. The lowest BCUT2D eigenvalue weighted by atomic mass is 9.82. The molecule has 5 heteroatoms. The van der Waals surface area contributed by atoms with Gasteiger partial charge in [-0.2, -0.15) is 0 Å². The van der Waals surface area contributed by atoms with Gasteiger partial charge in [0.05, 0.1) is 0 Å². The smallest absolute Gasteiger partial charge is 0.315 e. The van der Waals surface area contributed by atoms with Gasteiger partial charge in [-0.15, -0.1) is 0 Å². The Hall–Kier alpha value is -3.47. The van der Waals surface area contributed by atoms with E-state index in [9.17, 15) is 9.59 Å². The topological polar surface area (TPSA) is 62.3 Å². The number of hydrogen-bond donors (Lipinski definition) is 1. The molecule has 0 spiro atoms. The predicted octanol–water partition coefficient (Wildman–Crippen LogP) is 3.12. The molecule has 0 unspecified atom stereocenters. The lowest BCUT2D eigenvalue weighted by molar-refractivity contribution is -0.130. The summed E-state index contributed by atoms with van der Waals surface area (Å²) >= 11 is 0. The molecular formula is C22H19N3O2. The van der Waals surface area contributed by atoms with Crippen molar-refractivity contribution in [3.8, 4) is 0 Å². The van der Waals surface area contributed by atoms with Crippen LogP contribution in [0, 0.1) is 0 Å². The van der Waals surface area contributed by atoms with Gasteiger partial charge in [0.1, 0.15) is 0 Å². The fourth-order valence-electron chi connectivity index (χ4n) is 3.49. The summed E-state index contributed by atoms with van der Waals surface area (Å²) in [6, 6.07) is 24.0. The first-order valence-electron chi connectivity index (χ1n) is 8.87. The molecule has 1 saturated heterocycles. The molecule has 0 saturated carbocycles. The zero-order chi connectivity index (χ0) is 18.7. The van der Waals surface area contributed by atoms with Gasteiger partial charge < -0.3 is 5.32 Å². The van der Waals surface area contributed by atoms with E-state index in [1.54, 1.807) is 6.20 Å². The molecule has 0 bridgehead atoms. The van der Waals surface area contributed by atoms with Gasteiger partial charge in [-0.1, -0.05) is 66.7 Å². The van der Waals surface area contributed by atoms with Crippen molar-refractivity contribution in [2.45, 2.75) is 12.0 Å². The molecule has 1 aliphatic heterocycles. The number of amides is 3. The summed E-state index contributed by atoms with van der Waals surface area (Å²) in [5.74, 6) is -0.263. The second-order valence-electron chi connectivity index (χ2n) is 6.44. The molecule has 0 radical (unpaired) electrons. The number of pyridine rings is 1. The fourth-order valence-corrected chi connectivity index (χ4v) is 3.49. The molecule has 0 aliphatic carbocycles. The van der Waals surface area contributed by atoms with E-state index < -0.39 is 5.54 Å². The van der Waals surface area contributed by atoms with Gasteiger partial charge in [0.25, 0.3) is 5.91 Å². The van der Waals surface area contributed by atoms with Crippen molar-refractivity contribution in [3.63, 3.8) is 0 Å². The third kappa shape index (κ3) is 2.97. The largest absolute Gasteiger partial charge is 0.325 e. The van der Waals surface area contributed by atoms with E-state index in [0.29, 0.717) is 6.42 Å². The van der Waals surface area contributed by atoms with Crippen LogP contribution in [-0.2, 0) is 16.8 Å². The minimum atomic E-state index is -1.20. The Kier molecular flexibility index (Phi) is 4.42. The van der Waals surface area contributed by atoms with Gasteiger partial charge in [0, 0.05) is 24.9 Å². The molecule has 1 aliphatic rings. The Morgan fingerprint density at radius 1 is 0.815 bits per heavy atom. The zero-order valence-electron chi connectivity index (χ0n) is 14.7. The van der Waals surface area contributed by atoms with Gasteiger partial charge in [0.15, 0.2) is 5.54 Å². The van der Waals surface area contributed by atoms with Crippen LogP contribution in [0.4, 0.5) is 4.79 Å². The number of imide groups is 1. The number of carbonyl (C=O) groups excluding carboxylic acids is 2. The Bertz CT molecular complexity index is 904. The molecule has 27 heavy (non-hydrogen) atoms. The van der Waals surface area contributed by atoms with Crippen LogP contribution < -0.4 is 5.32 Å². The highest BCUT2D eigenvalue weighted by Crippen LogP contribution is 2.35. The normalized spacial score (nSPS) is 15.6. The summed E-state index contributed by atoms with van der Waals surface area (Å²) < 4.78 is 0. The summed E-state index contributed by atoms with van der Waals surface area (Å²) in [6.45, 7) is 0.281. The molecule has 3 aromatic rings. The van der Waals surface area contributed by atoms with Gasteiger partial charge in [-0.05, 0) is 23.3 Å². The molecule has 2 aromatic carbocycles. The minimum Gasteiger partial charge on any atom is -0.315 e. The van der Waals surface area contributed by atoms with Gasteiger partial charge >= 0.3 is 6.03 Å². The van der Waals surface area contributed by atoms with Gasteiger partial charge in [-0.3, -0.25) is 14.7 Å². The van der Waals surface area contributed by atoms with Crippen LogP contribution in [0.2, 0.25) is 0 Å². The first-order chi connectivity index (χ1) is 13.2. The van der Waals surface area contributed by atoms with Crippen LogP contribution in [0.25, 0.3) is 0 Å². The third-order valence-corrected chi connectivity index (χ3v) is 4.84. The van der Waals surface area contributed by atoms with E-state index in [1.165, 1.54) is 4.90 Å². The van der Waals surface area contributed by atoms with Crippen molar-refractivity contribution < 1.29 is 9.59 Å². The molecule has 1 N–H and O–H groups in total. The first-order valence-corrected chi connectivity index (χ1v) is 8.87. The lowest BCUT2D eigenvalue weighted by Gasteiger charge is -2.28. The summed E-state index contributed by atoms with van der Waals surface area (Å²) in [6.07, 6.45) is 2.22. The number of rotatable bonds is 5. The summed E-state index contributed by atoms with van der Waals surface area (Å²) in [4.78, 5) is 31.8. The minimum absolute atomic E-state index is 0.263. The van der Waals surface area contributed by atoms with Crippen molar-refractivity contribution in [3.05, 3.63) is 102 Å². The fraction of sp³-hybridized carbons (Fsp3) is 0.136. The van der Waals surface area contributed by atoms with Crippen molar-refractivity contribution in [2.75, 3.05) is 6.54 Å². The van der Waals surface area contributed by atoms with Crippen LogP contribution in [-0.4, -0.2) is 28.4 Å². The van der Waals surface area contributed by atoms with E-state index in [0.717, 1.165) is 16.8 Å². The number of urea groups is 1. The molecule has 3 amide bonds. The standard InChI is InChI=1S/C22H19N3O2/c26-20-22(17-9-3-1-4-10-17,18-11-5-2-6-12-18)24-21(27)25(20)16-14-19-13-7-8-15-23-19/h1-13,15H,14,16H2,(H,24,27). The molecule has 1 aromatic heterocycles. The van der Waals surface area contributed by atoms with Gasteiger partial charge in [-0.25, -0.2) is 4.79 Å². The number of hydrogen-bond acceptors (Lipinski definition) is 3. The highest BCUT2D eigenvalue weighted by molar-refractivity contribution is 6.09. The Morgan fingerprint density at radius 3 is 1.96 bits per heavy atom. The van der Waals surface area contributed by atoms with Crippen LogP contribution in [0.1, 0.15) is 16.8 Å². The molecule has 0 atom stereocenters. The molecule has 4 rings (SSSR count). The van der Waals surface area contributed by atoms with Crippen LogP contribution >= 0.6 is 0 Å². The Labute approximate surface area is 157 Å². The van der Waals surface area contributed by atoms with Gasteiger partial charge in [0.2, 0.25) is 0 Å². The molecule has 5 nitrogen and oxygen atoms in total. The average Bonchev–Trinajstić information content (AvgIpc) is 2.99. The highest BCUT2D eigenvalue weighted by Gasteiger charge is 2.53. The lowest BCUT2D eigenvalue weighted by Crippen LogP contribution is -2.45. The van der Waals surface area contributed by atoms with E-state index in [4.69, 9.17) is 0 Å². The zero-order valence-corrected chi connectivity index (χ0v) is 14.7. The predicted molar refractivity (Wildman–Crippen MR) is 102 cm³/mol. The van der Waals surface area contributed by atoms with E-state index in [-0.39, 0.29) is 18.5 Å². The second kappa shape index (κ2) is 7.03. The Morgan fingerprint density at radius 2 is 1.41 bits per heavy atom. The van der Waals surface area contributed by atoms with Crippen LogP contribution in [0.15, 0.2) is 85.1 Å². The van der Waals surface area contributed by atoms with Crippen LogP contribution in [0.5, 0.6) is 0 Å². The van der Waals surface area contributed by atoms with Crippen LogP contribution in [0.3, 0.4) is 0 Å². The summed E-state index contributed by atoms with van der Waals surface area (Å²) in [7, 11) is 0. The van der Waals surface area contributed by atoms with Crippen molar-refractivity contribution in [1.29, 1.82) is 0 Å². The maximum atomic E-state index is 13.5. The quantitative estimate of drug-likeness (QED) is 0.714. The molecule has 2 heterocycles. The van der Waals surface area contributed by atoms with E-state index in [2.05, 4.69) is 10.3 Å². The SMILES string of the molecule is O=C1NC(c2ccccc2)(c2ccccc2)C(=O)N1CCc1ccccn1. The Balaban J connectivity index is 1.71. The average molecular weight is 357 g/mol. The number of aromatic nitrogens is 1. The van der Waals surface area contributed by atoms with E-state index in [1.807, 2.05) is 78.9 Å². The molecular weight excluding hydrogens is 338 g/mol. The molecule has 1 fully saturated rings. The van der Waals surface area contributed by atoms with Crippen molar-refractivity contribution in [2.24, 2.45) is 0 Å². The molecule has 134 valence electrons. The number of nitrogens with zero attached hydrogens (tertiary/aromatic N) is 2. The number of benzene rings is 2. The summed E-state index contributed by atoms with van der Waals surface area (Å²) in [5.41, 5.74) is 1.13. The monoisotopic (exact) mass is 357 g/mol.